The van der Waals surface area contributed by atoms with Crippen molar-refractivity contribution in [2.45, 2.75) is 25.7 Å². The van der Waals surface area contributed by atoms with Crippen LogP contribution in [0.15, 0.2) is 36.4 Å². The zero-order valence-electron chi connectivity index (χ0n) is 12.8. The molecule has 118 valence electrons. The average Bonchev–Trinajstić information content (AvgIpc) is 2.80. The molecule has 0 atom stereocenters. The van der Waals surface area contributed by atoms with Crippen LogP contribution < -0.4 is 4.90 Å². The van der Waals surface area contributed by atoms with Crippen molar-refractivity contribution in [1.82, 2.24) is 20.0 Å². The Morgan fingerprint density at radius 1 is 0.870 bits per heavy atom. The van der Waals surface area contributed by atoms with E-state index < -0.39 is 0 Å². The highest BCUT2D eigenvalue weighted by Gasteiger charge is 2.14. The third kappa shape index (κ3) is 2.76. The normalized spacial score (nSPS) is 15.8. The topological polar surface area (TPSA) is 46.8 Å². The number of halogens is 1. The molecule has 0 N–H and O–H groups in total. The summed E-state index contributed by atoms with van der Waals surface area (Å²) in [6.07, 6.45) is 4.98. The Morgan fingerprint density at radius 2 is 1.61 bits per heavy atom. The van der Waals surface area contributed by atoms with Crippen molar-refractivity contribution in [3.05, 3.63) is 42.2 Å². The second kappa shape index (κ2) is 5.95. The van der Waals surface area contributed by atoms with E-state index >= 15 is 0 Å². The summed E-state index contributed by atoms with van der Waals surface area (Å²) >= 11 is 0. The van der Waals surface area contributed by atoms with E-state index in [0.717, 1.165) is 30.1 Å². The Morgan fingerprint density at radius 3 is 2.35 bits per heavy atom. The van der Waals surface area contributed by atoms with Crippen LogP contribution in [0.3, 0.4) is 0 Å². The van der Waals surface area contributed by atoms with Crippen LogP contribution in [0, 0.1) is 5.82 Å². The lowest BCUT2D eigenvalue weighted by atomic mass is 10.2. The molecule has 1 aliphatic rings. The van der Waals surface area contributed by atoms with Crippen molar-refractivity contribution in [3.8, 4) is 5.69 Å². The van der Waals surface area contributed by atoms with Crippen molar-refractivity contribution in [2.24, 2.45) is 0 Å². The summed E-state index contributed by atoms with van der Waals surface area (Å²) in [4.78, 5) is 7.10. The molecule has 0 bridgehead atoms. The number of pyridine rings is 1. The minimum absolute atomic E-state index is 0.267. The molecule has 5 nitrogen and oxygen atoms in total. The largest absolute Gasteiger partial charge is 0.357 e. The highest BCUT2D eigenvalue weighted by atomic mass is 19.1. The first kappa shape index (κ1) is 14.1. The van der Waals surface area contributed by atoms with Crippen molar-refractivity contribution in [2.75, 3.05) is 18.0 Å². The maximum absolute atomic E-state index is 13.1. The maximum atomic E-state index is 13.1. The molecule has 0 spiro atoms. The van der Waals surface area contributed by atoms with E-state index in [0.29, 0.717) is 5.65 Å². The van der Waals surface area contributed by atoms with Crippen LogP contribution in [0.25, 0.3) is 16.9 Å². The highest BCUT2D eigenvalue weighted by molar-refractivity contribution is 5.74. The summed E-state index contributed by atoms with van der Waals surface area (Å²) in [6, 6.07) is 10.2. The van der Waals surface area contributed by atoms with Gasteiger partial charge in [0, 0.05) is 13.1 Å². The molecule has 4 rings (SSSR count). The first-order valence-corrected chi connectivity index (χ1v) is 8.05. The van der Waals surface area contributed by atoms with E-state index in [1.807, 2.05) is 12.1 Å². The molecule has 2 aromatic heterocycles. The summed E-state index contributed by atoms with van der Waals surface area (Å²) in [5, 5.41) is 8.32. The van der Waals surface area contributed by atoms with E-state index in [-0.39, 0.29) is 5.82 Å². The number of nitrogens with zero attached hydrogens (tertiary/aromatic N) is 5. The lowest BCUT2D eigenvalue weighted by molar-refractivity contribution is 0.627. The van der Waals surface area contributed by atoms with E-state index in [1.165, 1.54) is 37.8 Å². The molecule has 6 heteroatoms. The maximum Gasteiger partial charge on any atom is 0.185 e. The van der Waals surface area contributed by atoms with Gasteiger partial charge in [-0.25, -0.2) is 9.37 Å². The Balaban J connectivity index is 1.75. The quantitative estimate of drug-likeness (QED) is 0.728. The summed E-state index contributed by atoms with van der Waals surface area (Å²) in [7, 11) is 0. The molecule has 0 saturated carbocycles. The molecule has 1 fully saturated rings. The zero-order valence-corrected chi connectivity index (χ0v) is 12.8. The highest BCUT2D eigenvalue weighted by Crippen LogP contribution is 2.21. The Hall–Kier alpha value is -2.50. The zero-order chi connectivity index (χ0) is 15.6. The number of hydrogen-bond acceptors (Lipinski definition) is 4. The summed E-state index contributed by atoms with van der Waals surface area (Å²) < 4.78 is 14.8. The van der Waals surface area contributed by atoms with Gasteiger partial charge in [-0.05, 0) is 49.2 Å². The molecule has 3 heterocycles. The van der Waals surface area contributed by atoms with Crippen molar-refractivity contribution in [3.63, 3.8) is 0 Å². The first-order valence-electron chi connectivity index (χ1n) is 8.05. The van der Waals surface area contributed by atoms with Gasteiger partial charge in [0.15, 0.2) is 5.65 Å². The molecule has 0 aliphatic carbocycles. The van der Waals surface area contributed by atoms with Gasteiger partial charge in [0.05, 0.1) is 5.69 Å². The molecule has 1 saturated heterocycles. The number of rotatable bonds is 2. The monoisotopic (exact) mass is 311 g/mol. The summed E-state index contributed by atoms with van der Waals surface area (Å²) in [6.45, 7) is 2.08. The predicted octanol–water partition coefficient (Wildman–Crippen LogP) is 3.34. The predicted molar refractivity (Wildman–Crippen MR) is 87.3 cm³/mol. The van der Waals surface area contributed by atoms with Gasteiger partial charge >= 0.3 is 0 Å². The lowest BCUT2D eigenvalue weighted by Crippen LogP contribution is -2.24. The fraction of sp³-hybridized carbons (Fsp3) is 0.353. The van der Waals surface area contributed by atoms with Crippen molar-refractivity contribution >= 4 is 17.0 Å². The SMILES string of the molecule is Fc1ccc(-n2nnc3ccc(N4CCCCCC4)nc32)cc1. The lowest BCUT2D eigenvalue weighted by Gasteiger charge is -2.21. The molecule has 0 amide bonds. The van der Waals surface area contributed by atoms with Crippen LogP contribution in [-0.4, -0.2) is 33.1 Å². The molecular formula is C17H18FN5. The van der Waals surface area contributed by atoms with E-state index in [4.69, 9.17) is 4.98 Å². The van der Waals surface area contributed by atoms with E-state index in [2.05, 4.69) is 15.2 Å². The average molecular weight is 311 g/mol. The molecule has 0 unspecified atom stereocenters. The Labute approximate surface area is 133 Å². The van der Waals surface area contributed by atoms with Gasteiger partial charge in [-0.3, -0.25) is 0 Å². The van der Waals surface area contributed by atoms with Gasteiger partial charge < -0.3 is 4.90 Å². The standard InChI is InChI=1S/C17H18FN5/c18-13-5-7-14(8-6-13)23-17-15(20-21-23)9-10-16(19-17)22-11-3-1-2-4-12-22/h5-10H,1-4,11-12H2. The second-order valence-electron chi connectivity index (χ2n) is 5.89. The van der Waals surface area contributed by atoms with Gasteiger partial charge in [-0.2, -0.15) is 4.68 Å². The van der Waals surface area contributed by atoms with Crippen LogP contribution in [0.4, 0.5) is 10.2 Å². The van der Waals surface area contributed by atoms with E-state index in [9.17, 15) is 4.39 Å². The van der Waals surface area contributed by atoms with Crippen molar-refractivity contribution in [1.29, 1.82) is 0 Å². The molecule has 23 heavy (non-hydrogen) atoms. The molecule has 1 aliphatic heterocycles. The minimum Gasteiger partial charge on any atom is -0.357 e. The van der Waals surface area contributed by atoms with Gasteiger partial charge in [0.25, 0.3) is 0 Å². The third-order valence-electron chi connectivity index (χ3n) is 4.28. The van der Waals surface area contributed by atoms with Crippen LogP contribution >= 0.6 is 0 Å². The van der Waals surface area contributed by atoms with Gasteiger partial charge in [-0.1, -0.05) is 18.1 Å². The second-order valence-corrected chi connectivity index (χ2v) is 5.89. The molecule has 3 aromatic rings. The van der Waals surface area contributed by atoms with Crippen molar-refractivity contribution < 1.29 is 4.39 Å². The first-order chi connectivity index (χ1) is 11.3. The minimum atomic E-state index is -0.267. The molecule has 0 radical (unpaired) electrons. The Kier molecular flexibility index (Phi) is 3.65. The van der Waals surface area contributed by atoms with Gasteiger partial charge in [0.2, 0.25) is 0 Å². The fourth-order valence-electron chi connectivity index (χ4n) is 3.03. The number of aromatic nitrogens is 4. The summed E-state index contributed by atoms with van der Waals surface area (Å²) in [5.74, 6) is 0.696. The van der Waals surface area contributed by atoms with E-state index in [1.54, 1.807) is 16.8 Å². The van der Waals surface area contributed by atoms with Crippen LogP contribution in [0.1, 0.15) is 25.7 Å². The number of fused-ring (bicyclic) bond motifs is 1. The van der Waals surface area contributed by atoms with Gasteiger partial charge in [0.1, 0.15) is 17.2 Å². The number of anilines is 1. The van der Waals surface area contributed by atoms with Crippen LogP contribution in [-0.2, 0) is 0 Å². The third-order valence-corrected chi connectivity index (χ3v) is 4.28. The molecular weight excluding hydrogens is 293 g/mol. The smallest absolute Gasteiger partial charge is 0.185 e. The summed E-state index contributed by atoms with van der Waals surface area (Å²) in [5.41, 5.74) is 2.21. The fourth-order valence-corrected chi connectivity index (χ4v) is 3.03. The van der Waals surface area contributed by atoms with Gasteiger partial charge in [-0.15, -0.1) is 5.10 Å². The number of hydrogen-bond donors (Lipinski definition) is 0. The Bertz CT molecular complexity index is 803. The van der Waals surface area contributed by atoms with Crippen LogP contribution in [0.2, 0.25) is 0 Å². The molecule has 1 aromatic carbocycles. The number of benzene rings is 1. The van der Waals surface area contributed by atoms with Crippen LogP contribution in [0.5, 0.6) is 0 Å².